The maximum absolute atomic E-state index is 12.1. The number of para-hydroxylation sites is 2. The van der Waals surface area contributed by atoms with Crippen molar-refractivity contribution in [3.63, 3.8) is 0 Å². The molecule has 2 heterocycles. The molecule has 0 radical (unpaired) electrons. The van der Waals surface area contributed by atoms with Crippen LogP contribution in [0.4, 0.5) is 0 Å². The van der Waals surface area contributed by atoms with Crippen LogP contribution in [0.1, 0.15) is 23.7 Å². The van der Waals surface area contributed by atoms with Crippen LogP contribution in [0, 0.1) is 5.92 Å². The number of esters is 1. The van der Waals surface area contributed by atoms with Crippen LogP contribution in [0.2, 0.25) is 0 Å². The van der Waals surface area contributed by atoms with Gasteiger partial charge in [0.15, 0.2) is 0 Å². The minimum Gasteiger partial charge on any atom is -0.457 e. The van der Waals surface area contributed by atoms with E-state index >= 15 is 0 Å². The van der Waals surface area contributed by atoms with E-state index in [4.69, 9.17) is 4.74 Å². The summed E-state index contributed by atoms with van der Waals surface area (Å²) in [4.78, 5) is 19.6. The van der Waals surface area contributed by atoms with Gasteiger partial charge in [0.05, 0.1) is 23.1 Å². The highest BCUT2D eigenvalue weighted by Gasteiger charge is 2.45. The zero-order valence-corrected chi connectivity index (χ0v) is 12.2. The molecule has 6 heteroatoms. The van der Waals surface area contributed by atoms with Crippen LogP contribution < -0.4 is 0 Å². The lowest BCUT2D eigenvalue weighted by molar-refractivity contribution is -0.146. The topological polar surface area (TPSA) is 72.8 Å². The Morgan fingerprint density at radius 1 is 1.45 bits per heavy atom. The Balaban J connectivity index is 1.37. The maximum Gasteiger partial charge on any atom is 0.310 e. The smallest absolute Gasteiger partial charge is 0.310 e. The highest BCUT2D eigenvalue weighted by Crippen LogP contribution is 2.48. The van der Waals surface area contributed by atoms with Crippen LogP contribution in [0.3, 0.4) is 0 Å². The third kappa shape index (κ3) is 2.36. The highest BCUT2D eigenvalue weighted by molar-refractivity contribution is 5.77. The molecule has 22 heavy (non-hydrogen) atoms. The van der Waals surface area contributed by atoms with Gasteiger partial charge in [0.25, 0.3) is 0 Å². The normalized spacial score (nSPS) is 20.2. The summed E-state index contributed by atoms with van der Waals surface area (Å²) in [6, 6.07) is 7.75. The monoisotopic (exact) mass is 296 g/mol. The fraction of sp³-hybridized carbons (Fsp3) is 0.312. The van der Waals surface area contributed by atoms with Crippen LogP contribution in [0.5, 0.6) is 0 Å². The number of rotatable bonds is 4. The lowest BCUT2D eigenvalue weighted by atomic mass is 10.2. The molecular formula is C16H16N4O2. The third-order valence-corrected chi connectivity index (χ3v) is 4.04. The second kappa shape index (κ2) is 4.98. The first-order chi connectivity index (χ1) is 10.7. The van der Waals surface area contributed by atoms with Crippen molar-refractivity contribution < 1.29 is 9.53 Å². The summed E-state index contributed by atoms with van der Waals surface area (Å²) >= 11 is 0. The number of benzene rings is 1. The molecule has 1 aliphatic carbocycles. The van der Waals surface area contributed by atoms with Gasteiger partial charge in [-0.3, -0.25) is 9.48 Å². The van der Waals surface area contributed by atoms with Gasteiger partial charge in [-0.15, -0.1) is 0 Å². The van der Waals surface area contributed by atoms with E-state index in [-0.39, 0.29) is 24.4 Å². The Labute approximate surface area is 127 Å². The molecule has 6 nitrogen and oxygen atoms in total. The molecule has 1 aliphatic rings. The average Bonchev–Trinajstić information content (AvgIpc) is 3.02. The summed E-state index contributed by atoms with van der Waals surface area (Å²) in [6.45, 7) is 0.184. The molecule has 1 N–H and O–H groups in total. The standard InChI is InChI=1S/C16H16N4O2/c1-20-8-10(7-17-20)11-6-12(11)16(21)22-9-15-18-13-4-2-3-5-14(13)19-15/h2-5,7-8,11-12H,6,9H2,1H3,(H,18,19). The molecule has 0 bridgehead atoms. The predicted octanol–water partition coefficient (Wildman–Crippen LogP) is 2.14. The number of aryl methyl sites for hydroxylation is 1. The molecule has 0 amide bonds. The average molecular weight is 296 g/mol. The van der Waals surface area contributed by atoms with Gasteiger partial charge in [0.2, 0.25) is 0 Å². The van der Waals surface area contributed by atoms with Crippen LogP contribution in [0.15, 0.2) is 36.7 Å². The van der Waals surface area contributed by atoms with Gasteiger partial charge < -0.3 is 9.72 Å². The van der Waals surface area contributed by atoms with Crippen molar-refractivity contribution in [1.82, 2.24) is 19.7 Å². The number of H-pyrrole nitrogens is 1. The van der Waals surface area contributed by atoms with Crippen LogP contribution in [0.25, 0.3) is 11.0 Å². The minimum atomic E-state index is -0.158. The first kappa shape index (κ1) is 13.1. The number of hydrogen-bond donors (Lipinski definition) is 1. The number of nitrogens with one attached hydrogen (secondary N) is 1. The lowest BCUT2D eigenvalue weighted by Gasteiger charge is -2.01. The SMILES string of the molecule is Cn1cc(C2CC2C(=O)OCc2nc3ccccc3[nH]2)cn1. The second-order valence-corrected chi connectivity index (χ2v) is 5.70. The van der Waals surface area contributed by atoms with Gasteiger partial charge in [0.1, 0.15) is 12.4 Å². The molecule has 2 unspecified atom stereocenters. The first-order valence-corrected chi connectivity index (χ1v) is 7.29. The van der Waals surface area contributed by atoms with Gasteiger partial charge >= 0.3 is 5.97 Å². The van der Waals surface area contributed by atoms with Crippen LogP contribution in [-0.2, 0) is 23.2 Å². The molecule has 2 aromatic heterocycles. The number of carbonyl (C=O) groups is 1. The fourth-order valence-corrected chi connectivity index (χ4v) is 2.78. The number of nitrogens with zero attached hydrogens (tertiary/aromatic N) is 3. The van der Waals surface area contributed by atoms with Gasteiger partial charge in [-0.25, -0.2) is 4.98 Å². The van der Waals surface area contributed by atoms with E-state index in [1.807, 2.05) is 43.7 Å². The number of aromatic nitrogens is 4. The van der Waals surface area contributed by atoms with Crippen molar-refractivity contribution in [3.8, 4) is 0 Å². The number of aromatic amines is 1. The van der Waals surface area contributed by atoms with E-state index in [0.717, 1.165) is 23.0 Å². The summed E-state index contributed by atoms with van der Waals surface area (Å²) in [5.41, 5.74) is 2.94. The van der Waals surface area contributed by atoms with Crippen molar-refractivity contribution in [3.05, 3.63) is 48.0 Å². The van der Waals surface area contributed by atoms with Crippen LogP contribution >= 0.6 is 0 Å². The fourth-order valence-electron chi connectivity index (χ4n) is 2.78. The molecule has 0 aliphatic heterocycles. The molecule has 1 saturated carbocycles. The second-order valence-electron chi connectivity index (χ2n) is 5.70. The predicted molar refractivity (Wildman–Crippen MR) is 79.9 cm³/mol. The summed E-state index contributed by atoms with van der Waals surface area (Å²) in [7, 11) is 1.88. The van der Waals surface area contributed by atoms with Gasteiger partial charge in [-0.05, 0) is 24.1 Å². The highest BCUT2D eigenvalue weighted by atomic mass is 16.5. The first-order valence-electron chi connectivity index (χ1n) is 7.29. The Bertz CT molecular complexity index is 802. The van der Waals surface area contributed by atoms with Gasteiger partial charge in [-0.2, -0.15) is 5.10 Å². The van der Waals surface area contributed by atoms with Crippen molar-refractivity contribution in [2.24, 2.45) is 13.0 Å². The number of ether oxygens (including phenoxy) is 1. The number of hydrogen-bond acceptors (Lipinski definition) is 4. The molecule has 0 saturated heterocycles. The molecular weight excluding hydrogens is 280 g/mol. The lowest BCUT2D eigenvalue weighted by Crippen LogP contribution is -2.08. The Kier molecular flexibility index (Phi) is 2.96. The molecule has 112 valence electrons. The molecule has 2 atom stereocenters. The molecule has 1 fully saturated rings. The summed E-state index contributed by atoms with van der Waals surface area (Å²) in [5, 5.41) is 4.14. The molecule has 1 aromatic carbocycles. The summed E-state index contributed by atoms with van der Waals surface area (Å²) in [6.07, 6.45) is 4.61. The van der Waals surface area contributed by atoms with E-state index in [9.17, 15) is 4.79 Å². The Morgan fingerprint density at radius 3 is 3.09 bits per heavy atom. The zero-order chi connectivity index (χ0) is 15.1. The maximum atomic E-state index is 12.1. The van der Waals surface area contributed by atoms with E-state index in [1.165, 1.54) is 0 Å². The van der Waals surface area contributed by atoms with Crippen LogP contribution in [-0.4, -0.2) is 25.7 Å². The van der Waals surface area contributed by atoms with Crippen molar-refractivity contribution in [2.75, 3.05) is 0 Å². The number of imidazole rings is 1. The van der Waals surface area contributed by atoms with E-state index < -0.39 is 0 Å². The van der Waals surface area contributed by atoms with Gasteiger partial charge in [-0.1, -0.05) is 12.1 Å². The van der Waals surface area contributed by atoms with E-state index in [2.05, 4.69) is 15.1 Å². The Hall–Kier alpha value is -2.63. The summed E-state index contributed by atoms with van der Waals surface area (Å²) in [5.74, 6) is 0.716. The molecule has 3 aromatic rings. The largest absolute Gasteiger partial charge is 0.457 e. The van der Waals surface area contributed by atoms with Gasteiger partial charge in [0, 0.05) is 19.2 Å². The summed E-state index contributed by atoms with van der Waals surface area (Å²) < 4.78 is 7.13. The van der Waals surface area contributed by atoms with E-state index in [1.54, 1.807) is 4.68 Å². The molecule has 4 rings (SSSR count). The zero-order valence-electron chi connectivity index (χ0n) is 12.2. The number of carbonyl (C=O) groups excluding carboxylic acids is 1. The minimum absolute atomic E-state index is 0.0476. The van der Waals surface area contributed by atoms with Crippen molar-refractivity contribution in [1.29, 1.82) is 0 Å². The quantitative estimate of drug-likeness (QED) is 0.749. The van der Waals surface area contributed by atoms with Crippen molar-refractivity contribution in [2.45, 2.75) is 18.9 Å². The molecule has 0 spiro atoms. The van der Waals surface area contributed by atoms with E-state index in [0.29, 0.717) is 5.82 Å². The third-order valence-electron chi connectivity index (χ3n) is 4.04. The Morgan fingerprint density at radius 2 is 2.32 bits per heavy atom. The van der Waals surface area contributed by atoms with Crippen molar-refractivity contribution >= 4 is 17.0 Å². The number of fused-ring (bicyclic) bond motifs is 1.